The number of benzene rings is 2. The van der Waals surface area contributed by atoms with Gasteiger partial charge in [-0.3, -0.25) is 14.5 Å². The number of imide groups is 1. The van der Waals surface area contributed by atoms with Crippen molar-refractivity contribution in [2.75, 3.05) is 23.7 Å². The first-order valence-electron chi connectivity index (χ1n) is 9.39. The summed E-state index contributed by atoms with van der Waals surface area (Å²) in [6, 6.07) is 10.1. The molecule has 4 rings (SSSR count). The van der Waals surface area contributed by atoms with Crippen LogP contribution in [0.25, 0.3) is 0 Å². The van der Waals surface area contributed by atoms with Crippen molar-refractivity contribution >= 4 is 41.6 Å². The lowest BCUT2D eigenvalue weighted by molar-refractivity contribution is -0.134. The van der Waals surface area contributed by atoms with Gasteiger partial charge in [0, 0.05) is 17.9 Å². The van der Waals surface area contributed by atoms with Gasteiger partial charge < -0.3 is 16.0 Å². The Kier molecular flexibility index (Phi) is 5.72. The van der Waals surface area contributed by atoms with Gasteiger partial charge in [-0.2, -0.15) is 0 Å². The quantitative estimate of drug-likeness (QED) is 0.575. The van der Waals surface area contributed by atoms with Crippen LogP contribution in [0.2, 0.25) is 0 Å². The third-order valence-electron chi connectivity index (χ3n) is 5.58. The van der Waals surface area contributed by atoms with Crippen LogP contribution >= 0.6 is 12.4 Å². The molecule has 0 aliphatic carbocycles. The summed E-state index contributed by atoms with van der Waals surface area (Å²) in [5, 5.41) is 2.63. The molecule has 0 saturated carbocycles. The van der Waals surface area contributed by atoms with E-state index in [1.54, 1.807) is 24.0 Å². The number of nitrogens with one attached hydrogen (secondary N) is 1. The Morgan fingerprint density at radius 3 is 2.60 bits per heavy atom. The van der Waals surface area contributed by atoms with E-state index in [-0.39, 0.29) is 24.9 Å². The molecule has 4 amide bonds. The molecule has 7 nitrogen and oxygen atoms in total. The van der Waals surface area contributed by atoms with E-state index in [9.17, 15) is 18.8 Å². The number of carbonyl (C=O) groups excluding carboxylic acids is 3. The standard InChI is InChI=1S/C21H21FN4O3.ClH/c1-21(13-7-9-14(22)10-8-13)19(28)26(20(29)24-21)12-18(27)25-11-3-4-15-16(23)5-2-6-17(15)25;/h2,5-10H,3-4,11-12,23H2,1H3,(H,24,29);1H. The van der Waals surface area contributed by atoms with Gasteiger partial charge in [-0.15, -0.1) is 12.4 Å². The summed E-state index contributed by atoms with van der Waals surface area (Å²) in [5.41, 5.74) is 7.37. The zero-order valence-corrected chi connectivity index (χ0v) is 17.2. The highest BCUT2D eigenvalue weighted by Crippen LogP contribution is 2.32. The molecule has 30 heavy (non-hydrogen) atoms. The van der Waals surface area contributed by atoms with Gasteiger partial charge in [0.05, 0.1) is 0 Å². The van der Waals surface area contributed by atoms with Crippen LogP contribution < -0.4 is 16.0 Å². The molecule has 2 aliphatic rings. The molecule has 0 radical (unpaired) electrons. The fourth-order valence-corrected chi connectivity index (χ4v) is 3.95. The van der Waals surface area contributed by atoms with Crippen LogP contribution in [0.1, 0.15) is 24.5 Å². The predicted octanol–water partition coefficient (Wildman–Crippen LogP) is 2.58. The Morgan fingerprint density at radius 2 is 1.90 bits per heavy atom. The molecule has 9 heteroatoms. The molecule has 1 unspecified atom stereocenters. The van der Waals surface area contributed by atoms with Crippen LogP contribution in [-0.4, -0.2) is 35.8 Å². The van der Waals surface area contributed by atoms with E-state index < -0.39 is 23.3 Å². The zero-order valence-electron chi connectivity index (χ0n) is 16.4. The van der Waals surface area contributed by atoms with Crippen molar-refractivity contribution in [1.82, 2.24) is 10.2 Å². The molecule has 1 saturated heterocycles. The molecule has 2 heterocycles. The van der Waals surface area contributed by atoms with E-state index in [4.69, 9.17) is 5.73 Å². The molecule has 0 bridgehead atoms. The van der Waals surface area contributed by atoms with E-state index in [2.05, 4.69) is 5.32 Å². The van der Waals surface area contributed by atoms with Gasteiger partial charge in [-0.05, 0) is 55.2 Å². The second-order valence-corrected chi connectivity index (χ2v) is 7.45. The minimum absolute atomic E-state index is 0. The summed E-state index contributed by atoms with van der Waals surface area (Å²) in [4.78, 5) is 40.9. The lowest BCUT2D eigenvalue weighted by Gasteiger charge is -2.31. The van der Waals surface area contributed by atoms with Crippen molar-refractivity contribution in [2.24, 2.45) is 0 Å². The average Bonchev–Trinajstić information content (AvgIpc) is 2.92. The van der Waals surface area contributed by atoms with Crippen LogP contribution in [0.4, 0.5) is 20.6 Å². The maximum atomic E-state index is 13.2. The second-order valence-electron chi connectivity index (χ2n) is 7.45. The molecule has 3 N–H and O–H groups in total. The number of halogens is 2. The number of nitrogens with two attached hydrogens (primary N) is 1. The number of nitrogen functional groups attached to an aromatic ring is 1. The van der Waals surface area contributed by atoms with Crippen molar-refractivity contribution in [3.8, 4) is 0 Å². The van der Waals surface area contributed by atoms with Crippen molar-refractivity contribution in [3.63, 3.8) is 0 Å². The highest BCUT2D eigenvalue weighted by atomic mass is 35.5. The number of rotatable bonds is 3. The van der Waals surface area contributed by atoms with E-state index in [1.807, 2.05) is 6.07 Å². The molecule has 1 fully saturated rings. The molecule has 0 spiro atoms. The summed E-state index contributed by atoms with van der Waals surface area (Å²) in [6.07, 6.45) is 1.53. The highest BCUT2D eigenvalue weighted by molar-refractivity contribution is 6.10. The number of hydrogen-bond donors (Lipinski definition) is 2. The monoisotopic (exact) mass is 432 g/mol. The van der Waals surface area contributed by atoms with Crippen molar-refractivity contribution in [1.29, 1.82) is 0 Å². The van der Waals surface area contributed by atoms with Crippen LogP contribution in [0, 0.1) is 5.82 Å². The van der Waals surface area contributed by atoms with Gasteiger partial charge >= 0.3 is 6.03 Å². The summed E-state index contributed by atoms with van der Waals surface area (Å²) in [7, 11) is 0. The minimum atomic E-state index is -1.35. The molecule has 2 aromatic rings. The lowest BCUT2D eigenvalue weighted by atomic mass is 9.92. The van der Waals surface area contributed by atoms with Crippen LogP contribution in [0.3, 0.4) is 0 Å². The number of carbonyl (C=O) groups is 3. The summed E-state index contributed by atoms with van der Waals surface area (Å²) < 4.78 is 13.2. The van der Waals surface area contributed by atoms with Gasteiger partial charge in [0.25, 0.3) is 5.91 Å². The van der Waals surface area contributed by atoms with Crippen molar-refractivity contribution < 1.29 is 18.8 Å². The Bertz CT molecular complexity index is 1010. The smallest absolute Gasteiger partial charge is 0.325 e. The van der Waals surface area contributed by atoms with Gasteiger partial charge in [-0.25, -0.2) is 9.18 Å². The number of anilines is 2. The fourth-order valence-electron chi connectivity index (χ4n) is 3.95. The van der Waals surface area contributed by atoms with Crippen LogP contribution in [-0.2, 0) is 21.5 Å². The predicted molar refractivity (Wildman–Crippen MR) is 113 cm³/mol. The number of hydrogen-bond acceptors (Lipinski definition) is 4. The van der Waals surface area contributed by atoms with Crippen LogP contribution in [0.15, 0.2) is 42.5 Å². The SMILES string of the molecule is CC1(c2ccc(F)cc2)NC(=O)N(CC(=O)N2CCCc3c(N)cccc32)C1=O.Cl. The van der Waals surface area contributed by atoms with Gasteiger partial charge in [0.1, 0.15) is 17.9 Å². The number of urea groups is 1. The molecular weight excluding hydrogens is 411 g/mol. The average molecular weight is 433 g/mol. The Hall–Kier alpha value is -3.13. The Labute approximate surface area is 179 Å². The largest absolute Gasteiger partial charge is 0.398 e. The van der Waals surface area contributed by atoms with E-state index in [0.717, 1.165) is 29.0 Å². The molecule has 158 valence electrons. The topological polar surface area (TPSA) is 95.7 Å². The second kappa shape index (κ2) is 7.95. The summed E-state index contributed by atoms with van der Waals surface area (Å²) in [6.45, 7) is 1.66. The molecular formula is C21H22ClFN4O3. The normalized spacial score (nSPS) is 20.5. The molecule has 2 aromatic carbocycles. The van der Waals surface area contributed by atoms with E-state index in [0.29, 0.717) is 17.8 Å². The first-order valence-corrected chi connectivity index (χ1v) is 9.39. The van der Waals surface area contributed by atoms with Crippen molar-refractivity contribution in [2.45, 2.75) is 25.3 Å². The Morgan fingerprint density at radius 1 is 1.20 bits per heavy atom. The summed E-state index contributed by atoms with van der Waals surface area (Å²) >= 11 is 0. The summed E-state index contributed by atoms with van der Waals surface area (Å²) in [5.74, 6) is -1.35. The van der Waals surface area contributed by atoms with Crippen LogP contribution in [0.5, 0.6) is 0 Å². The number of fused-ring (bicyclic) bond motifs is 1. The highest BCUT2D eigenvalue weighted by Gasteiger charge is 2.49. The van der Waals surface area contributed by atoms with Crippen molar-refractivity contribution in [3.05, 3.63) is 59.4 Å². The lowest BCUT2D eigenvalue weighted by Crippen LogP contribution is -2.46. The molecule has 1 atom stereocenters. The maximum absolute atomic E-state index is 13.2. The Balaban J connectivity index is 0.00000256. The number of nitrogens with zero attached hydrogens (tertiary/aromatic N) is 2. The van der Waals surface area contributed by atoms with Gasteiger partial charge in [0.2, 0.25) is 5.91 Å². The number of amides is 4. The molecule has 0 aromatic heterocycles. The zero-order chi connectivity index (χ0) is 20.8. The van der Waals surface area contributed by atoms with Gasteiger partial charge in [-0.1, -0.05) is 18.2 Å². The fraction of sp³-hybridized carbons (Fsp3) is 0.286. The first-order chi connectivity index (χ1) is 13.8. The van der Waals surface area contributed by atoms with E-state index >= 15 is 0 Å². The third kappa shape index (κ3) is 3.47. The maximum Gasteiger partial charge on any atom is 0.325 e. The first kappa shape index (κ1) is 21.6. The van der Waals surface area contributed by atoms with Gasteiger partial charge in [0.15, 0.2) is 0 Å². The van der Waals surface area contributed by atoms with E-state index in [1.165, 1.54) is 24.3 Å². The minimum Gasteiger partial charge on any atom is -0.398 e. The molecule has 2 aliphatic heterocycles. The third-order valence-corrected chi connectivity index (χ3v) is 5.58.